The van der Waals surface area contributed by atoms with E-state index in [1.807, 2.05) is 0 Å². The zero-order valence-electron chi connectivity index (χ0n) is 10.8. The van der Waals surface area contributed by atoms with Gasteiger partial charge in [-0.05, 0) is 18.1 Å². The topological polar surface area (TPSA) is 67.3 Å². The van der Waals surface area contributed by atoms with Crippen molar-refractivity contribution >= 4 is 9.84 Å². The quantitative estimate of drug-likeness (QED) is 0.867. The third-order valence-corrected chi connectivity index (χ3v) is 4.29. The first kappa shape index (κ1) is 16.0. The van der Waals surface area contributed by atoms with E-state index in [-0.39, 0.29) is 24.0 Å². The van der Waals surface area contributed by atoms with E-state index in [1.54, 1.807) is 6.92 Å². The number of aliphatic hydroxyl groups is 1. The van der Waals surface area contributed by atoms with Crippen molar-refractivity contribution in [2.75, 3.05) is 12.4 Å². The van der Waals surface area contributed by atoms with Crippen LogP contribution in [0, 0.1) is 5.92 Å². The van der Waals surface area contributed by atoms with Crippen molar-refractivity contribution in [3.63, 3.8) is 0 Å². The van der Waals surface area contributed by atoms with Gasteiger partial charge in [0.25, 0.3) is 5.92 Å². The van der Waals surface area contributed by atoms with Crippen molar-refractivity contribution in [3.05, 3.63) is 29.6 Å². The molecule has 0 aliphatic carbocycles. The molecule has 0 saturated heterocycles. The summed E-state index contributed by atoms with van der Waals surface area (Å²) in [7, 11) is -3.48. The number of aromatic nitrogens is 1. The number of hydrogen-bond acceptors (Lipinski definition) is 4. The first-order chi connectivity index (χ1) is 8.64. The maximum absolute atomic E-state index is 13.1. The second kappa shape index (κ2) is 5.92. The SMILES string of the molecule is CC(CO)CS(=O)(=O)Cc1cccc(C(C)(F)F)n1. The highest BCUT2D eigenvalue weighted by Gasteiger charge is 2.26. The lowest BCUT2D eigenvalue weighted by Crippen LogP contribution is -2.19. The molecule has 1 unspecified atom stereocenters. The number of nitrogens with zero attached hydrogens (tertiary/aromatic N) is 1. The van der Waals surface area contributed by atoms with E-state index in [2.05, 4.69) is 4.98 Å². The predicted molar refractivity (Wildman–Crippen MR) is 67.5 cm³/mol. The number of halogens is 2. The average molecular weight is 293 g/mol. The standard InChI is InChI=1S/C12H17F2NO3S/c1-9(6-16)7-19(17,18)8-10-4-3-5-11(15-10)12(2,13)14/h3-5,9,16H,6-8H2,1-2H3. The van der Waals surface area contributed by atoms with Gasteiger partial charge < -0.3 is 5.11 Å². The van der Waals surface area contributed by atoms with Gasteiger partial charge in [0.2, 0.25) is 0 Å². The van der Waals surface area contributed by atoms with E-state index in [0.29, 0.717) is 6.92 Å². The number of pyridine rings is 1. The van der Waals surface area contributed by atoms with Crippen LogP contribution in [-0.2, 0) is 21.5 Å². The first-order valence-corrected chi connectivity index (χ1v) is 7.61. The summed E-state index contributed by atoms with van der Waals surface area (Å²) in [6.45, 7) is 2.07. The molecule has 4 nitrogen and oxygen atoms in total. The van der Waals surface area contributed by atoms with Crippen molar-refractivity contribution in [3.8, 4) is 0 Å². The predicted octanol–water partition coefficient (Wildman–Crippen LogP) is 1.74. The molecule has 0 aromatic carbocycles. The summed E-state index contributed by atoms with van der Waals surface area (Å²) in [6, 6.07) is 3.92. The molecule has 7 heteroatoms. The lowest BCUT2D eigenvalue weighted by molar-refractivity contribution is 0.0126. The van der Waals surface area contributed by atoms with Gasteiger partial charge in [-0.3, -0.25) is 4.98 Å². The molecule has 0 aliphatic rings. The van der Waals surface area contributed by atoms with E-state index in [0.717, 1.165) is 6.07 Å². The number of rotatable bonds is 6. The summed E-state index contributed by atoms with van der Waals surface area (Å²) in [5, 5.41) is 8.84. The van der Waals surface area contributed by atoms with Gasteiger partial charge in [0.1, 0.15) is 5.69 Å². The fourth-order valence-corrected chi connectivity index (χ4v) is 3.28. The summed E-state index contributed by atoms with van der Waals surface area (Å²) in [6.07, 6.45) is 0. The maximum atomic E-state index is 13.1. The highest BCUT2D eigenvalue weighted by atomic mass is 32.2. The van der Waals surface area contributed by atoms with Crippen molar-refractivity contribution in [1.82, 2.24) is 4.98 Å². The van der Waals surface area contributed by atoms with Crippen molar-refractivity contribution in [2.45, 2.75) is 25.5 Å². The molecule has 1 atom stereocenters. The van der Waals surface area contributed by atoms with Crippen molar-refractivity contribution < 1.29 is 22.3 Å². The van der Waals surface area contributed by atoms with Crippen LogP contribution in [0.4, 0.5) is 8.78 Å². The van der Waals surface area contributed by atoms with E-state index in [4.69, 9.17) is 5.11 Å². The molecule has 0 fully saturated rings. The molecular formula is C12H17F2NO3S. The first-order valence-electron chi connectivity index (χ1n) is 5.79. The summed E-state index contributed by atoms with van der Waals surface area (Å²) >= 11 is 0. The molecule has 1 rings (SSSR count). The zero-order chi connectivity index (χ0) is 14.7. The average Bonchev–Trinajstić information content (AvgIpc) is 2.26. The molecule has 0 spiro atoms. The summed E-state index contributed by atoms with van der Waals surface area (Å²) < 4.78 is 49.8. The number of hydrogen-bond donors (Lipinski definition) is 1. The molecule has 1 aromatic rings. The summed E-state index contributed by atoms with van der Waals surface area (Å²) in [5.41, 5.74) is -0.362. The van der Waals surface area contributed by atoms with Crippen LogP contribution in [0.25, 0.3) is 0 Å². The number of alkyl halides is 2. The van der Waals surface area contributed by atoms with Gasteiger partial charge in [0.15, 0.2) is 9.84 Å². The fourth-order valence-electron chi connectivity index (χ4n) is 1.57. The molecule has 0 aliphatic heterocycles. The highest BCUT2D eigenvalue weighted by Crippen LogP contribution is 2.25. The van der Waals surface area contributed by atoms with Crippen LogP contribution in [0.3, 0.4) is 0 Å². The summed E-state index contributed by atoms with van der Waals surface area (Å²) in [5.74, 6) is -4.09. The van der Waals surface area contributed by atoms with Gasteiger partial charge >= 0.3 is 0 Å². The second-order valence-electron chi connectivity index (χ2n) is 4.74. The smallest absolute Gasteiger partial charge is 0.286 e. The monoisotopic (exact) mass is 293 g/mol. The Morgan fingerprint density at radius 1 is 1.42 bits per heavy atom. The molecule has 1 N–H and O–H groups in total. The minimum absolute atomic E-state index is 0.0872. The van der Waals surface area contributed by atoms with Crippen molar-refractivity contribution in [2.24, 2.45) is 5.92 Å². The van der Waals surface area contributed by atoms with Gasteiger partial charge in [0, 0.05) is 13.5 Å². The lowest BCUT2D eigenvalue weighted by Gasteiger charge is -2.12. The van der Waals surface area contributed by atoms with Crippen molar-refractivity contribution in [1.29, 1.82) is 0 Å². The van der Waals surface area contributed by atoms with E-state index in [9.17, 15) is 17.2 Å². The summed E-state index contributed by atoms with van der Waals surface area (Å²) in [4.78, 5) is 3.67. The Balaban J connectivity index is 2.89. The van der Waals surface area contributed by atoms with E-state index in [1.165, 1.54) is 12.1 Å². The Morgan fingerprint density at radius 2 is 2.05 bits per heavy atom. The Hall–Kier alpha value is -1.08. The van der Waals surface area contributed by atoms with Crippen LogP contribution < -0.4 is 0 Å². The second-order valence-corrected chi connectivity index (χ2v) is 6.85. The molecule has 0 amide bonds. The molecular weight excluding hydrogens is 276 g/mol. The van der Waals surface area contributed by atoms with Gasteiger partial charge in [-0.15, -0.1) is 0 Å². The van der Waals surface area contributed by atoms with Crippen LogP contribution in [0.15, 0.2) is 18.2 Å². The molecule has 19 heavy (non-hydrogen) atoms. The molecule has 0 radical (unpaired) electrons. The number of aliphatic hydroxyl groups excluding tert-OH is 1. The maximum Gasteiger partial charge on any atom is 0.286 e. The Morgan fingerprint density at radius 3 is 2.58 bits per heavy atom. The lowest BCUT2D eigenvalue weighted by atomic mass is 10.2. The minimum Gasteiger partial charge on any atom is -0.396 e. The zero-order valence-corrected chi connectivity index (χ0v) is 11.6. The molecule has 108 valence electrons. The highest BCUT2D eigenvalue weighted by molar-refractivity contribution is 7.90. The Labute approximate surface area is 111 Å². The third kappa shape index (κ3) is 5.20. The molecule has 0 saturated carbocycles. The molecule has 1 aromatic heterocycles. The minimum atomic E-state index is -3.48. The van der Waals surface area contributed by atoms with E-state index >= 15 is 0 Å². The number of sulfone groups is 1. The molecule has 1 heterocycles. The fraction of sp³-hybridized carbons (Fsp3) is 0.583. The van der Waals surface area contributed by atoms with Gasteiger partial charge in [-0.2, -0.15) is 8.78 Å². The Kier molecular flexibility index (Phi) is 4.98. The molecule has 0 bridgehead atoms. The van der Waals surface area contributed by atoms with Crippen LogP contribution >= 0.6 is 0 Å². The largest absolute Gasteiger partial charge is 0.396 e. The van der Waals surface area contributed by atoms with Gasteiger partial charge in [-0.25, -0.2) is 8.42 Å². The Bertz CT molecular complexity index is 526. The van der Waals surface area contributed by atoms with E-state index < -0.39 is 27.2 Å². The normalized spacial score (nSPS) is 14.4. The van der Waals surface area contributed by atoms with Crippen LogP contribution in [0.5, 0.6) is 0 Å². The van der Waals surface area contributed by atoms with Gasteiger partial charge in [-0.1, -0.05) is 13.0 Å². The van der Waals surface area contributed by atoms with Crippen LogP contribution in [0.1, 0.15) is 25.2 Å². The van der Waals surface area contributed by atoms with Crippen LogP contribution in [0.2, 0.25) is 0 Å². The third-order valence-electron chi connectivity index (χ3n) is 2.47. The van der Waals surface area contributed by atoms with Crippen LogP contribution in [-0.4, -0.2) is 30.9 Å². The van der Waals surface area contributed by atoms with Gasteiger partial charge in [0.05, 0.1) is 17.2 Å².